The van der Waals surface area contributed by atoms with Crippen LogP contribution in [0, 0.1) is 0 Å². The standard InChI is InChI=1S/C14H22N2O2/c1-2-18-10-8-14(17)16-13-7-3-5-12(11-13)6-4-9-15/h3,5,7,11H,2,4,6,8-10,15H2,1H3,(H,16,17). The second kappa shape index (κ2) is 8.66. The third-order valence-corrected chi connectivity index (χ3v) is 2.56. The van der Waals surface area contributed by atoms with Gasteiger partial charge in [0, 0.05) is 12.3 Å². The Kier molecular flexibility index (Phi) is 7.06. The predicted molar refractivity (Wildman–Crippen MR) is 73.6 cm³/mol. The first-order valence-electron chi connectivity index (χ1n) is 6.43. The molecule has 18 heavy (non-hydrogen) atoms. The molecule has 0 saturated carbocycles. The first-order valence-corrected chi connectivity index (χ1v) is 6.43. The van der Waals surface area contributed by atoms with Crippen molar-refractivity contribution in [2.75, 3.05) is 25.1 Å². The molecule has 1 amide bonds. The second-order valence-electron chi connectivity index (χ2n) is 4.09. The van der Waals surface area contributed by atoms with Crippen LogP contribution in [0.4, 0.5) is 5.69 Å². The van der Waals surface area contributed by atoms with E-state index in [1.54, 1.807) is 0 Å². The van der Waals surface area contributed by atoms with Gasteiger partial charge in [0.2, 0.25) is 5.91 Å². The molecule has 0 aliphatic carbocycles. The van der Waals surface area contributed by atoms with Crippen LogP contribution in [0.3, 0.4) is 0 Å². The summed E-state index contributed by atoms with van der Waals surface area (Å²) >= 11 is 0. The first kappa shape index (κ1) is 14.7. The molecule has 4 nitrogen and oxygen atoms in total. The number of carbonyl (C=O) groups is 1. The minimum atomic E-state index is -0.0144. The molecule has 0 aliphatic heterocycles. The Labute approximate surface area is 109 Å². The number of amides is 1. The zero-order chi connectivity index (χ0) is 13.2. The summed E-state index contributed by atoms with van der Waals surface area (Å²) in [4.78, 5) is 11.6. The molecule has 1 aromatic rings. The van der Waals surface area contributed by atoms with Crippen molar-refractivity contribution in [1.29, 1.82) is 0 Å². The highest BCUT2D eigenvalue weighted by Gasteiger charge is 2.02. The van der Waals surface area contributed by atoms with Crippen LogP contribution in [0.5, 0.6) is 0 Å². The van der Waals surface area contributed by atoms with Gasteiger partial charge in [-0.2, -0.15) is 0 Å². The Morgan fingerprint density at radius 1 is 1.44 bits per heavy atom. The van der Waals surface area contributed by atoms with Crippen LogP contribution >= 0.6 is 0 Å². The lowest BCUT2D eigenvalue weighted by molar-refractivity contribution is -0.117. The van der Waals surface area contributed by atoms with E-state index >= 15 is 0 Å². The van der Waals surface area contributed by atoms with Crippen molar-refractivity contribution >= 4 is 11.6 Å². The van der Waals surface area contributed by atoms with Crippen molar-refractivity contribution in [3.8, 4) is 0 Å². The van der Waals surface area contributed by atoms with Crippen molar-refractivity contribution in [2.45, 2.75) is 26.2 Å². The van der Waals surface area contributed by atoms with E-state index in [0.717, 1.165) is 18.5 Å². The van der Waals surface area contributed by atoms with E-state index in [-0.39, 0.29) is 5.91 Å². The number of rotatable bonds is 8. The number of carbonyl (C=O) groups excluding carboxylic acids is 1. The maximum absolute atomic E-state index is 11.6. The summed E-state index contributed by atoms with van der Waals surface area (Å²) in [5, 5.41) is 2.87. The van der Waals surface area contributed by atoms with Crippen molar-refractivity contribution < 1.29 is 9.53 Å². The van der Waals surface area contributed by atoms with Crippen molar-refractivity contribution in [1.82, 2.24) is 0 Å². The molecule has 0 aliphatic rings. The normalized spacial score (nSPS) is 10.3. The van der Waals surface area contributed by atoms with Crippen LogP contribution < -0.4 is 11.1 Å². The zero-order valence-corrected chi connectivity index (χ0v) is 10.9. The van der Waals surface area contributed by atoms with Gasteiger partial charge in [0.05, 0.1) is 13.0 Å². The molecule has 0 unspecified atom stereocenters. The largest absolute Gasteiger partial charge is 0.381 e. The molecule has 0 atom stereocenters. The van der Waals surface area contributed by atoms with Crippen molar-refractivity contribution in [2.24, 2.45) is 5.73 Å². The Hall–Kier alpha value is -1.39. The summed E-state index contributed by atoms with van der Waals surface area (Å²) < 4.78 is 5.14. The average molecular weight is 250 g/mol. The van der Waals surface area contributed by atoms with Gasteiger partial charge in [-0.3, -0.25) is 4.79 Å². The average Bonchev–Trinajstić information content (AvgIpc) is 2.37. The van der Waals surface area contributed by atoms with E-state index in [1.165, 1.54) is 5.56 Å². The number of aryl methyl sites for hydroxylation is 1. The van der Waals surface area contributed by atoms with Crippen LogP contribution in [0.15, 0.2) is 24.3 Å². The lowest BCUT2D eigenvalue weighted by Gasteiger charge is -2.07. The summed E-state index contributed by atoms with van der Waals surface area (Å²) in [5.74, 6) is -0.0144. The van der Waals surface area contributed by atoms with Crippen LogP contribution in [-0.2, 0) is 16.0 Å². The first-order chi connectivity index (χ1) is 8.76. The van der Waals surface area contributed by atoms with Gasteiger partial charge in [0.1, 0.15) is 0 Å². The van der Waals surface area contributed by atoms with Gasteiger partial charge in [-0.1, -0.05) is 12.1 Å². The van der Waals surface area contributed by atoms with E-state index in [2.05, 4.69) is 5.32 Å². The van der Waals surface area contributed by atoms with E-state index in [0.29, 0.717) is 26.2 Å². The maximum Gasteiger partial charge on any atom is 0.226 e. The molecule has 1 rings (SSSR count). The fraction of sp³-hybridized carbons (Fsp3) is 0.500. The van der Waals surface area contributed by atoms with Crippen LogP contribution in [0.2, 0.25) is 0 Å². The number of hydrogen-bond acceptors (Lipinski definition) is 3. The molecule has 0 saturated heterocycles. The number of benzene rings is 1. The molecule has 0 radical (unpaired) electrons. The summed E-state index contributed by atoms with van der Waals surface area (Å²) in [6.45, 7) is 3.71. The highest BCUT2D eigenvalue weighted by molar-refractivity contribution is 5.90. The van der Waals surface area contributed by atoms with Gasteiger partial charge < -0.3 is 15.8 Å². The molecule has 1 aromatic carbocycles. The van der Waals surface area contributed by atoms with Crippen LogP contribution in [0.25, 0.3) is 0 Å². The van der Waals surface area contributed by atoms with Crippen LogP contribution in [-0.4, -0.2) is 25.7 Å². The highest BCUT2D eigenvalue weighted by Crippen LogP contribution is 2.12. The van der Waals surface area contributed by atoms with Crippen LogP contribution in [0.1, 0.15) is 25.3 Å². The molecule has 3 N–H and O–H groups in total. The SMILES string of the molecule is CCOCCC(=O)Nc1cccc(CCCN)c1. The second-order valence-corrected chi connectivity index (χ2v) is 4.09. The monoisotopic (exact) mass is 250 g/mol. The molecular weight excluding hydrogens is 228 g/mol. The van der Waals surface area contributed by atoms with Gasteiger partial charge >= 0.3 is 0 Å². The lowest BCUT2D eigenvalue weighted by atomic mass is 10.1. The molecule has 0 spiro atoms. The highest BCUT2D eigenvalue weighted by atomic mass is 16.5. The third-order valence-electron chi connectivity index (χ3n) is 2.56. The van der Waals surface area contributed by atoms with Gasteiger partial charge in [-0.25, -0.2) is 0 Å². The third kappa shape index (κ3) is 5.80. The minimum Gasteiger partial charge on any atom is -0.381 e. The molecular formula is C14H22N2O2. The Bertz CT molecular complexity index is 367. The molecule has 4 heteroatoms. The Morgan fingerprint density at radius 3 is 3.00 bits per heavy atom. The minimum absolute atomic E-state index is 0.0144. The summed E-state index contributed by atoms with van der Waals surface area (Å²) in [6, 6.07) is 7.88. The van der Waals surface area contributed by atoms with Gasteiger partial charge in [-0.15, -0.1) is 0 Å². The van der Waals surface area contributed by atoms with E-state index < -0.39 is 0 Å². The molecule has 0 heterocycles. The van der Waals surface area contributed by atoms with Crippen molar-refractivity contribution in [3.05, 3.63) is 29.8 Å². The Balaban J connectivity index is 2.43. The van der Waals surface area contributed by atoms with Gasteiger partial charge in [0.15, 0.2) is 0 Å². The number of ether oxygens (including phenoxy) is 1. The molecule has 0 aromatic heterocycles. The summed E-state index contributed by atoms with van der Waals surface area (Å²) in [7, 11) is 0. The van der Waals surface area contributed by atoms with E-state index in [9.17, 15) is 4.79 Å². The number of nitrogens with one attached hydrogen (secondary N) is 1. The number of nitrogens with two attached hydrogens (primary N) is 1. The smallest absolute Gasteiger partial charge is 0.226 e. The topological polar surface area (TPSA) is 64.3 Å². The summed E-state index contributed by atoms with van der Waals surface area (Å²) in [5.41, 5.74) is 7.52. The lowest BCUT2D eigenvalue weighted by Crippen LogP contribution is -2.14. The Morgan fingerprint density at radius 2 is 2.28 bits per heavy atom. The fourth-order valence-corrected chi connectivity index (χ4v) is 1.64. The molecule has 100 valence electrons. The van der Waals surface area contributed by atoms with E-state index in [1.807, 2.05) is 31.2 Å². The fourth-order valence-electron chi connectivity index (χ4n) is 1.64. The van der Waals surface area contributed by atoms with Crippen molar-refractivity contribution in [3.63, 3.8) is 0 Å². The quantitative estimate of drug-likeness (QED) is 0.693. The number of anilines is 1. The predicted octanol–water partition coefficient (Wildman–Crippen LogP) is 1.94. The molecule has 0 fully saturated rings. The number of hydrogen-bond donors (Lipinski definition) is 2. The zero-order valence-electron chi connectivity index (χ0n) is 10.9. The van der Waals surface area contributed by atoms with Gasteiger partial charge in [0.25, 0.3) is 0 Å². The summed E-state index contributed by atoms with van der Waals surface area (Å²) in [6.07, 6.45) is 2.29. The van der Waals surface area contributed by atoms with E-state index in [4.69, 9.17) is 10.5 Å². The van der Waals surface area contributed by atoms with Gasteiger partial charge in [-0.05, 0) is 44.0 Å². The molecule has 0 bridgehead atoms. The maximum atomic E-state index is 11.6.